The first-order chi connectivity index (χ1) is 10.1. The summed E-state index contributed by atoms with van der Waals surface area (Å²) in [7, 11) is 0. The Morgan fingerprint density at radius 1 is 1.24 bits per heavy atom. The van der Waals surface area contributed by atoms with E-state index in [0.29, 0.717) is 12.0 Å². The van der Waals surface area contributed by atoms with E-state index in [0.717, 1.165) is 32.4 Å². The number of benzene rings is 1. The summed E-state index contributed by atoms with van der Waals surface area (Å²) >= 11 is 0. The van der Waals surface area contributed by atoms with Gasteiger partial charge in [-0.25, -0.2) is 0 Å². The third kappa shape index (κ3) is 2.29. The Labute approximate surface area is 126 Å². The Balaban J connectivity index is 1.73. The molecule has 3 heteroatoms. The molecule has 3 nitrogen and oxygen atoms in total. The molecule has 1 saturated heterocycles. The van der Waals surface area contributed by atoms with Crippen LogP contribution in [0.5, 0.6) is 0 Å². The summed E-state index contributed by atoms with van der Waals surface area (Å²) in [4.78, 5) is 3.69. The van der Waals surface area contributed by atoms with Crippen molar-refractivity contribution in [2.75, 3.05) is 13.2 Å². The van der Waals surface area contributed by atoms with E-state index < -0.39 is 0 Å². The number of ether oxygens (including phenoxy) is 1. The minimum Gasteiger partial charge on any atom is -0.376 e. The fourth-order valence-electron chi connectivity index (χ4n) is 4.18. The van der Waals surface area contributed by atoms with Crippen LogP contribution >= 0.6 is 0 Å². The number of fused-ring (bicyclic) bond motifs is 3. The number of H-pyrrole nitrogens is 1. The Hall–Kier alpha value is -1.32. The SMILES string of the molecule is CC1(C)C[C@@H]([C@@H]2NCCc3c2[nH]c2ccccc32)CCO1. The van der Waals surface area contributed by atoms with Crippen molar-refractivity contribution in [2.45, 2.75) is 44.8 Å². The van der Waals surface area contributed by atoms with Gasteiger partial charge in [-0.15, -0.1) is 0 Å². The molecule has 2 aliphatic heterocycles. The van der Waals surface area contributed by atoms with Crippen LogP contribution in [0, 0.1) is 5.92 Å². The maximum Gasteiger partial charge on any atom is 0.0629 e. The molecule has 2 N–H and O–H groups in total. The zero-order valence-corrected chi connectivity index (χ0v) is 12.9. The van der Waals surface area contributed by atoms with E-state index in [9.17, 15) is 0 Å². The van der Waals surface area contributed by atoms with Gasteiger partial charge in [0.1, 0.15) is 0 Å². The van der Waals surface area contributed by atoms with Crippen molar-refractivity contribution in [2.24, 2.45) is 5.92 Å². The zero-order valence-electron chi connectivity index (χ0n) is 12.9. The Morgan fingerprint density at radius 2 is 2.10 bits per heavy atom. The van der Waals surface area contributed by atoms with E-state index in [4.69, 9.17) is 4.74 Å². The lowest BCUT2D eigenvalue weighted by molar-refractivity contribution is -0.0791. The van der Waals surface area contributed by atoms with Crippen molar-refractivity contribution < 1.29 is 4.74 Å². The molecule has 0 bridgehead atoms. The van der Waals surface area contributed by atoms with E-state index in [1.807, 2.05) is 0 Å². The molecular weight excluding hydrogens is 260 g/mol. The second kappa shape index (κ2) is 4.85. The third-order valence-corrected chi connectivity index (χ3v) is 5.10. The third-order valence-electron chi connectivity index (χ3n) is 5.10. The van der Waals surface area contributed by atoms with Gasteiger partial charge in [0.2, 0.25) is 0 Å². The Bertz CT molecular complexity index is 658. The van der Waals surface area contributed by atoms with E-state index >= 15 is 0 Å². The average Bonchev–Trinajstić information content (AvgIpc) is 2.84. The summed E-state index contributed by atoms with van der Waals surface area (Å²) in [5.41, 5.74) is 4.24. The monoisotopic (exact) mass is 284 g/mol. The molecule has 1 aromatic carbocycles. The normalized spacial score (nSPS) is 28.5. The quantitative estimate of drug-likeness (QED) is 0.840. The maximum atomic E-state index is 5.90. The molecule has 2 aliphatic rings. The van der Waals surface area contributed by atoms with Gasteiger partial charge in [-0.2, -0.15) is 0 Å². The summed E-state index contributed by atoms with van der Waals surface area (Å²) in [6.07, 6.45) is 3.40. The van der Waals surface area contributed by atoms with Crippen molar-refractivity contribution in [1.29, 1.82) is 0 Å². The first kappa shape index (κ1) is 13.4. The fourth-order valence-corrected chi connectivity index (χ4v) is 4.18. The molecule has 2 atom stereocenters. The summed E-state index contributed by atoms with van der Waals surface area (Å²) in [5.74, 6) is 0.654. The average molecular weight is 284 g/mol. The highest BCUT2D eigenvalue weighted by atomic mass is 16.5. The van der Waals surface area contributed by atoms with Gasteiger partial charge in [-0.3, -0.25) is 0 Å². The van der Waals surface area contributed by atoms with Crippen LogP contribution in [0.3, 0.4) is 0 Å². The molecule has 0 spiro atoms. The predicted molar refractivity (Wildman–Crippen MR) is 85.5 cm³/mol. The lowest BCUT2D eigenvalue weighted by atomic mass is 9.80. The summed E-state index contributed by atoms with van der Waals surface area (Å²) < 4.78 is 5.90. The Kier molecular flexibility index (Phi) is 3.09. The number of rotatable bonds is 1. The molecule has 0 radical (unpaired) electrons. The standard InChI is InChI=1S/C18H24N2O/c1-18(2)11-12(8-10-21-18)16-17-14(7-9-19-16)13-5-3-4-6-15(13)20-17/h3-6,12,16,19-20H,7-11H2,1-2H3/t12-,16-/m0/s1. The van der Waals surface area contributed by atoms with Gasteiger partial charge in [-0.05, 0) is 57.2 Å². The van der Waals surface area contributed by atoms with E-state index in [1.165, 1.54) is 22.2 Å². The van der Waals surface area contributed by atoms with Crippen LogP contribution in [0.1, 0.15) is 44.0 Å². The molecular formula is C18H24N2O. The van der Waals surface area contributed by atoms with Crippen LogP contribution in [0.15, 0.2) is 24.3 Å². The minimum atomic E-state index is 0.00816. The van der Waals surface area contributed by atoms with Gasteiger partial charge < -0.3 is 15.0 Å². The van der Waals surface area contributed by atoms with Gasteiger partial charge in [-0.1, -0.05) is 18.2 Å². The summed E-state index contributed by atoms with van der Waals surface area (Å²) in [5, 5.41) is 5.16. The second-order valence-corrected chi connectivity index (χ2v) is 7.11. The van der Waals surface area contributed by atoms with Crippen molar-refractivity contribution in [3.05, 3.63) is 35.5 Å². The first-order valence-electron chi connectivity index (χ1n) is 8.11. The van der Waals surface area contributed by atoms with Crippen LogP contribution in [0.2, 0.25) is 0 Å². The lowest BCUT2D eigenvalue weighted by Gasteiger charge is -2.40. The molecule has 0 aliphatic carbocycles. The number of aromatic nitrogens is 1. The van der Waals surface area contributed by atoms with Crippen molar-refractivity contribution in [3.63, 3.8) is 0 Å². The van der Waals surface area contributed by atoms with Gasteiger partial charge in [0.25, 0.3) is 0 Å². The molecule has 0 saturated carbocycles. The topological polar surface area (TPSA) is 37.0 Å². The predicted octanol–water partition coefficient (Wildman–Crippen LogP) is 3.56. The largest absolute Gasteiger partial charge is 0.376 e. The van der Waals surface area contributed by atoms with Crippen molar-refractivity contribution in [3.8, 4) is 0 Å². The lowest BCUT2D eigenvalue weighted by Crippen LogP contribution is -2.42. The number of hydrogen-bond acceptors (Lipinski definition) is 2. The Morgan fingerprint density at radius 3 is 2.95 bits per heavy atom. The smallest absolute Gasteiger partial charge is 0.0629 e. The van der Waals surface area contributed by atoms with E-state index in [2.05, 4.69) is 48.4 Å². The molecule has 0 amide bonds. The van der Waals surface area contributed by atoms with Gasteiger partial charge >= 0.3 is 0 Å². The fraction of sp³-hybridized carbons (Fsp3) is 0.556. The highest BCUT2D eigenvalue weighted by molar-refractivity contribution is 5.85. The van der Waals surface area contributed by atoms with Gasteiger partial charge in [0, 0.05) is 23.2 Å². The zero-order chi connectivity index (χ0) is 14.4. The first-order valence-corrected chi connectivity index (χ1v) is 8.11. The molecule has 1 aromatic heterocycles. The molecule has 21 heavy (non-hydrogen) atoms. The van der Waals surface area contributed by atoms with Crippen LogP contribution in [0.4, 0.5) is 0 Å². The van der Waals surface area contributed by atoms with Crippen molar-refractivity contribution >= 4 is 10.9 Å². The number of para-hydroxylation sites is 1. The summed E-state index contributed by atoms with van der Waals surface area (Å²) in [6, 6.07) is 9.15. The van der Waals surface area contributed by atoms with Gasteiger partial charge in [0.15, 0.2) is 0 Å². The molecule has 3 heterocycles. The van der Waals surface area contributed by atoms with Crippen molar-refractivity contribution in [1.82, 2.24) is 10.3 Å². The number of nitrogens with one attached hydrogen (secondary N) is 2. The van der Waals surface area contributed by atoms with E-state index in [-0.39, 0.29) is 5.60 Å². The number of aromatic amines is 1. The highest BCUT2D eigenvalue weighted by Crippen LogP contribution is 2.40. The second-order valence-electron chi connectivity index (χ2n) is 7.11. The van der Waals surface area contributed by atoms with Gasteiger partial charge in [0.05, 0.1) is 11.6 Å². The van der Waals surface area contributed by atoms with Crippen LogP contribution < -0.4 is 5.32 Å². The van der Waals surface area contributed by atoms with Crippen LogP contribution in [-0.4, -0.2) is 23.7 Å². The summed E-state index contributed by atoms with van der Waals surface area (Å²) in [6.45, 7) is 6.39. The maximum absolute atomic E-state index is 5.90. The molecule has 2 aromatic rings. The van der Waals surface area contributed by atoms with Crippen LogP contribution in [0.25, 0.3) is 10.9 Å². The van der Waals surface area contributed by atoms with Crippen LogP contribution in [-0.2, 0) is 11.2 Å². The molecule has 112 valence electrons. The van der Waals surface area contributed by atoms with E-state index in [1.54, 1.807) is 0 Å². The molecule has 4 rings (SSSR count). The highest BCUT2D eigenvalue weighted by Gasteiger charge is 2.36. The number of hydrogen-bond donors (Lipinski definition) is 2. The minimum absolute atomic E-state index is 0.00816. The molecule has 0 unspecified atom stereocenters. The molecule has 1 fully saturated rings.